The standard InChI is InChI=1S/C24H33NO6/c1-23(2)15-12-16-20(14-10-17(28-3)21-18(11-14)29-8-9-31-21)30-7-5-24(16,13-15)22(23)25-19(27)4-6-26/h10-11,15-16,20,22,26H,4-9,12-13H2,1-3H3,(H,25,27)/t15-,16-,20-,22+,24?/m1/s1. The first-order valence-corrected chi connectivity index (χ1v) is 11.4. The van der Waals surface area contributed by atoms with Crippen molar-refractivity contribution in [1.82, 2.24) is 5.32 Å². The minimum atomic E-state index is -0.123. The summed E-state index contributed by atoms with van der Waals surface area (Å²) < 4.78 is 23.6. The first-order valence-electron chi connectivity index (χ1n) is 11.4. The molecule has 5 rings (SSSR count). The van der Waals surface area contributed by atoms with Gasteiger partial charge in [-0.05, 0) is 59.6 Å². The van der Waals surface area contributed by atoms with Gasteiger partial charge in [0.2, 0.25) is 11.7 Å². The summed E-state index contributed by atoms with van der Waals surface area (Å²) >= 11 is 0. The number of nitrogens with one attached hydrogen (secondary N) is 1. The van der Waals surface area contributed by atoms with Gasteiger partial charge in [0, 0.05) is 19.1 Å². The highest BCUT2D eigenvalue weighted by molar-refractivity contribution is 5.76. The summed E-state index contributed by atoms with van der Waals surface area (Å²) in [6, 6.07) is 4.14. The van der Waals surface area contributed by atoms with Gasteiger partial charge >= 0.3 is 0 Å². The molecular weight excluding hydrogens is 398 g/mol. The van der Waals surface area contributed by atoms with Crippen molar-refractivity contribution in [2.45, 2.75) is 51.7 Å². The number of carbonyl (C=O) groups is 1. The molecular formula is C24H33NO6. The Morgan fingerprint density at radius 2 is 2.06 bits per heavy atom. The van der Waals surface area contributed by atoms with Crippen LogP contribution in [0.25, 0.3) is 0 Å². The van der Waals surface area contributed by atoms with E-state index in [-0.39, 0.29) is 41.9 Å². The summed E-state index contributed by atoms with van der Waals surface area (Å²) in [5, 5.41) is 12.5. The molecule has 2 N–H and O–H groups in total. The SMILES string of the molecule is COc1cc([C@H]2OCCC34C[C@@H](C[C@H]23)C(C)(C)[C@@H]4NC(=O)CCO)cc2c1OCCO2. The van der Waals surface area contributed by atoms with Crippen molar-refractivity contribution < 1.29 is 28.8 Å². The van der Waals surface area contributed by atoms with Crippen LogP contribution in [0, 0.1) is 22.7 Å². The zero-order valence-corrected chi connectivity index (χ0v) is 18.6. The number of hydrogen-bond acceptors (Lipinski definition) is 6. The van der Waals surface area contributed by atoms with E-state index in [1.807, 2.05) is 12.1 Å². The summed E-state index contributed by atoms with van der Waals surface area (Å²) in [7, 11) is 1.65. The maximum Gasteiger partial charge on any atom is 0.222 e. The second-order valence-corrected chi connectivity index (χ2v) is 10.1. The van der Waals surface area contributed by atoms with E-state index < -0.39 is 0 Å². The number of aliphatic hydroxyl groups excluding tert-OH is 1. The molecule has 2 saturated carbocycles. The highest BCUT2D eigenvalue weighted by Crippen LogP contribution is 2.70. The van der Waals surface area contributed by atoms with Gasteiger partial charge in [-0.25, -0.2) is 0 Å². The molecule has 0 radical (unpaired) electrons. The normalized spacial score (nSPS) is 34.8. The highest BCUT2D eigenvalue weighted by atomic mass is 16.6. The van der Waals surface area contributed by atoms with E-state index >= 15 is 0 Å². The molecule has 1 aromatic rings. The van der Waals surface area contributed by atoms with E-state index in [0.717, 1.165) is 24.8 Å². The van der Waals surface area contributed by atoms with Gasteiger partial charge in [0.15, 0.2) is 11.5 Å². The van der Waals surface area contributed by atoms with Gasteiger partial charge in [0.05, 0.1) is 19.8 Å². The average Bonchev–Trinajstić information content (AvgIpc) is 3.25. The zero-order valence-electron chi connectivity index (χ0n) is 18.6. The average molecular weight is 432 g/mol. The Kier molecular flexibility index (Phi) is 5.09. The fourth-order valence-corrected chi connectivity index (χ4v) is 6.91. The van der Waals surface area contributed by atoms with Crippen molar-refractivity contribution in [3.8, 4) is 17.2 Å². The zero-order chi connectivity index (χ0) is 21.8. The van der Waals surface area contributed by atoms with Gasteiger partial charge in [-0.1, -0.05) is 13.8 Å². The number of benzene rings is 1. The van der Waals surface area contributed by atoms with Crippen LogP contribution < -0.4 is 19.5 Å². The number of hydrogen-bond donors (Lipinski definition) is 2. The van der Waals surface area contributed by atoms with Gasteiger partial charge in [-0.2, -0.15) is 0 Å². The largest absolute Gasteiger partial charge is 0.493 e. The van der Waals surface area contributed by atoms with Crippen LogP contribution in [0.1, 0.15) is 51.2 Å². The second kappa shape index (κ2) is 7.55. The van der Waals surface area contributed by atoms with Crippen LogP contribution in [0.2, 0.25) is 0 Å². The molecule has 170 valence electrons. The van der Waals surface area contributed by atoms with Gasteiger partial charge in [-0.15, -0.1) is 0 Å². The molecule has 7 nitrogen and oxygen atoms in total. The Balaban J connectivity index is 1.50. The van der Waals surface area contributed by atoms with Crippen LogP contribution in [0.4, 0.5) is 0 Å². The van der Waals surface area contributed by atoms with Crippen LogP contribution >= 0.6 is 0 Å². The lowest BCUT2D eigenvalue weighted by Crippen LogP contribution is -2.59. The van der Waals surface area contributed by atoms with Gasteiger partial charge in [-0.3, -0.25) is 4.79 Å². The molecule has 5 atom stereocenters. The van der Waals surface area contributed by atoms with Crippen molar-refractivity contribution in [1.29, 1.82) is 0 Å². The molecule has 2 heterocycles. The Labute approximate surface area is 183 Å². The van der Waals surface area contributed by atoms with E-state index in [9.17, 15) is 9.90 Å². The molecule has 7 heteroatoms. The van der Waals surface area contributed by atoms with E-state index in [4.69, 9.17) is 18.9 Å². The summed E-state index contributed by atoms with van der Waals surface area (Å²) in [5.41, 5.74) is 1.08. The van der Waals surface area contributed by atoms with Crippen molar-refractivity contribution in [2.75, 3.05) is 33.5 Å². The van der Waals surface area contributed by atoms with Crippen molar-refractivity contribution in [3.05, 3.63) is 17.7 Å². The Hall–Kier alpha value is -1.99. The van der Waals surface area contributed by atoms with Gasteiger partial charge in [0.25, 0.3) is 0 Å². The first kappa shape index (κ1) is 20.9. The Bertz CT molecular complexity index is 853. The van der Waals surface area contributed by atoms with E-state index in [0.29, 0.717) is 48.9 Å². The number of carbonyl (C=O) groups excluding carboxylic acids is 1. The van der Waals surface area contributed by atoms with Crippen LogP contribution in [-0.4, -0.2) is 50.6 Å². The van der Waals surface area contributed by atoms with Gasteiger partial charge < -0.3 is 29.4 Å². The number of aliphatic hydroxyl groups is 1. The maximum absolute atomic E-state index is 12.5. The minimum absolute atomic E-state index is 0.00267. The molecule has 3 fully saturated rings. The predicted octanol–water partition coefficient (Wildman–Crippen LogP) is 2.85. The molecule has 1 saturated heterocycles. The molecule has 1 amide bonds. The third kappa shape index (κ3) is 3.11. The minimum Gasteiger partial charge on any atom is -0.493 e. The Morgan fingerprint density at radius 1 is 1.26 bits per heavy atom. The molecule has 1 aromatic carbocycles. The summed E-state index contributed by atoms with van der Waals surface area (Å²) in [6.45, 7) is 6.14. The topological polar surface area (TPSA) is 86.3 Å². The van der Waals surface area contributed by atoms with E-state index in [1.54, 1.807) is 7.11 Å². The number of rotatable bonds is 5. The smallest absolute Gasteiger partial charge is 0.222 e. The summed E-state index contributed by atoms with van der Waals surface area (Å²) in [4.78, 5) is 12.5. The number of fused-ring (bicyclic) bond motifs is 2. The van der Waals surface area contributed by atoms with Crippen LogP contribution in [0.3, 0.4) is 0 Å². The third-order valence-electron chi connectivity index (χ3n) is 8.33. The quantitative estimate of drug-likeness (QED) is 0.746. The maximum atomic E-state index is 12.5. The number of amides is 1. The molecule has 2 bridgehead atoms. The van der Waals surface area contributed by atoms with Crippen LogP contribution in [0.5, 0.6) is 17.2 Å². The molecule has 1 spiro atoms. The second-order valence-electron chi connectivity index (χ2n) is 10.1. The highest BCUT2D eigenvalue weighted by Gasteiger charge is 2.68. The first-order chi connectivity index (χ1) is 14.9. The lowest BCUT2D eigenvalue weighted by atomic mass is 9.58. The monoisotopic (exact) mass is 431 g/mol. The lowest BCUT2D eigenvalue weighted by molar-refractivity contribution is -0.137. The van der Waals surface area contributed by atoms with E-state index in [2.05, 4.69) is 19.2 Å². The van der Waals surface area contributed by atoms with Crippen LogP contribution in [0.15, 0.2) is 12.1 Å². The number of ether oxygens (including phenoxy) is 4. The predicted molar refractivity (Wildman–Crippen MR) is 113 cm³/mol. The summed E-state index contributed by atoms with van der Waals surface area (Å²) in [6.07, 6.45) is 3.21. The third-order valence-corrected chi connectivity index (χ3v) is 8.33. The molecule has 2 aliphatic carbocycles. The molecule has 31 heavy (non-hydrogen) atoms. The number of methoxy groups -OCH3 is 1. The molecule has 1 unspecified atom stereocenters. The lowest BCUT2D eigenvalue weighted by Gasteiger charge is -2.53. The molecule has 0 aromatic heterocycles. The fourth-order valence-electron chi connectivity index (χ4n) is 6.91. The molecule has 4 aliphatic rings. The van der Waals surface area contributed by atoms with Crippen LogP contribution in [-0.2, 0) is 9.53 Å². The van der Waals surface area contributed by atoms with Crippen molar-refractivity contribution in [3.63, 3.8) is 0 Å². The molecule has 2 aliphatic heterocycles. The van der Waals surface area contributed by atoms with Crippen molar-refractivity contribution in [2.24, 2.45) is 22.7 Å². The Morgan fingerprint density at radius 3 is 2.84 bits per heavy atom. The van der Waals surface area contributed by atoms with Crippen molar-refractivity contribution >= 4 is 5.91 Å². The van der Waals surface area contributed by atoms with E-state index in [1.165, 1.54) is 0 Å². The van der Waals surface area contributed by atoms with Gasteiger partial charge in [0.1, 0.15) is 13.2 Å². The fraction of sp³-hybridized carbons (Fsp3) is 0.708. The summed E-state index contributed by atoms with van der Waals surface area (Å²) in [5.74, 6) is 2.81.